The number of halogens is 3. The lowest BCUT2D eigenvalue weighted by Gasteiger charge is -2.07. The average Bonchev–Trinajstić information content (AvgIpc) is 3.14. The Kier molecular flexibility index (Phi) is 6.51. The van der Waals surface area contributed by atoms with Crippen LogP contribution in [0.1, 0.15) is 32.2 Å². The van der Waals surface area contributed by atoms with E-state index in [-0.39, 0.29) is 24.5 Å². The molecule has 0 radical (unpaired) electrons. The van der Waals surface area contributed by atoms with E-state index < -0.39 is 17.7 Å². The molecule has 0 fully saturated rings. The smallest absolute Gasteiger partial charge is 0.416 e. The highest BCUT2D eigenvalue weighted by atomic mass is 32.1. The molecule has 0 atom stereocenters. The maximum Gasteiger partial charge on any atom is 0.416 e. The van der Waals surface area contributed by atoms with Crippen molar-refractivity contribution in [3.63, 3.8) is 0 Å². The number of para-hydroxylation sites is 1. The van der Waals surface area contributed by atoms with Gasteiger partial charge in [0.15, 0.2) is 0 Å². The van der Waals surface area contributed by atoms with Gasteiger partial charge in [-0.05, 0) is 42.8 Å². The lowest BCUT2D eigenvalue weighted by molar-refractivity contribution is -0.137. The number of hydrogen-bond acceptors (Lipinski definition) is 5. The lowest BCUT2D eigenvalue weighted by atomic mass is 10.1. The van der Waals surface area contributed by atoms with Gasteiger partial charge < -0.3 is 10.1 Å². The molecule has 3 rings (SSSR count). The molecule has 3 aromatic rings. The zero-order valence-electron chi connectivity index (χ0n) is 15.8. The second-order valence-corrected chi connectivity index (χ2v) is 7.37. The minimum atomic E-state index is -4.47. The first kappa shape index (κ1) is 21.5. The third kappa shape index (κ3) is 5.66. The zero-order valence-corrected chi connectivity index (χ0v) is 16.6. The first-order valence-corrected chi connectivity index (χ1v) is 9.73. The molecule has 5 nitrogen and oxygen atoms in total. The second-order valence-electron chi connectivity index (χ2n) is 6.42. The topological polar surface area (TPSA) is 68.3 Å². The second kappa shape index (κ2) is 9.08. The summed E-state index contributed by atoms with van der Waals surface area (Å²) in [5, 5.41) is 5.04. The minimum Gasteiger partial charge on any atom is -0.456 e. The Bertz CT molecular complexity index is 1050. The van der Waals surface area contributed by atoms with Gasteiger partial charge in [0.2, 0.25) is 5.91 Å². The highest BCUT2D eigenvalue weighted by Crippen LogP contribution is 2.29. The van der Waals surface area contributed by atoms with E-state index in [4.69, 9.17) is 4.74 Å². The summed E-state index contributed by atoms with van der Waals surface area (Å²) in [7, 11) is 0. The van der Waals surface area contributed by atoms with Crippen LogP contribution in [0.15, 0.2) is 53.9 Å². The molecule has 0 aliphatic heterocycles. The third-order valence-corrected chi connectivity index (χ3v) is 5.03. The average molecular weight is 434 g/mol. The maximum atomic E-state index is 12.6. The number of rotatable bonds is 6. The molecule has 0 aliphatic carbocycles. The monoisotopic (exact) mass is 434 g/mol. The van der Waals surface area contributed by atoms with E-state index in [1.807, 2.05) is 25.1 Å². The number of anilines is 1. The molecule has 30 heavy (non-hydrogen) atoms. The van der Waals surface area contributed by atoms with Crippen molar-refractivity contribution in [1.82, 2.24) is 4.98 Å². The SMILES string of the molecule is Cc1ccccc1NC(=O)Cc1nc(COC(=O)c2ccc(C(F)(F)F)cc2)cs1. The molecule has 0 unspecified atom stereocenters. The lowest BCUT2D eigenvalue weighted by Crippen LogP contribution is -2.15. The maximum absolute atomic E-state index is 12.6. The minimum absolute atomic E-state index is 0.0102. The van der Waals surface area contributed by atoms with Crippen molar-refractivity contribution < 1.29 is 27.5 Å². The first-order valence-electron chi connectivity index (χ1n) is 8.85. The Labute approximate surface area is 174 Å². The molecular weight excluding hydrogens is 417 g/mol. The van der Waals surface area contributed by atoms with Crippen molar-refractivity contribution in [2.45, 2.75) is 26.1 Å². The van der Waals surface area contributed by atoms with Crippen molar-refractivity contribution >= 4 is 28.9 Å². The van der Waals surface area contributed by atoms with E-state index in [0.29, 0.717) is 10.7 Å². The summed E-state index contributed by atoms with van der Waals surface area (Å²) in [5.41, 5.74) is 1.30. The fourth-order valence-electron chi connectivity index (χ4n) is 2.56. The van der Waals surface area contributed by atoms with Gasteiger partial charge in [-0.25, -0.2) is 9.78 Å². The number of carbonyl (C=O) groups is 2. The molecule has 0 bridgehead atoms. The summed E-state index contributed by atoms with van der Waals surface area (Å²) in [6.45, 7) is 1.75. The Morgan fingerprint density at radius 1 is 1.10 bits per heavy atom. The van der Waals surface area contributed by atoms with Crippen LogP contribution >= 0.6 is 11.3 Å². The number of nitrogens with zero attached hydrogens (tertiary/aromatic N) is 1. The quantitative estimate of drug-likeness (QED) is 0.554. The van der Waals surface area contributed by atoms with Gasteiger partial charge in [0.05, 0.1) is 23.2 Å². The van der Waals surface area contributed by atoms with Gasteiger partial charge >= 0.3 is 12.1 Å². The molecule has 0 saturated carbocycles. The Hall–Kier alpha value is -3.20. The highest BCUT2D eigenvalue weighted by Gasteiger charge is 2.30. The number of nitrogens with one attached hydrogen (secondary N) is 1. The molecule has 0 saturated heterocycles. The molecule has 1 amide bonds. The van der Waals surface area contributed by atoms with Crippen molar-refractivity contribution in [2.24, 2.45) is 0 Å². The number of carbonyl (C=O) groups excluding carboxylic acids is 2. The molecular formula is C21H17F3N2O3S. The predicted octanol–water partition coefficient (Wildman–Crippen LogP) is 5.01. The van der Waals surface area contributed by atoms with Gasteiger partial charge in [-0.15, -0.1) is 11.3 Å². The van der Waals surface area contributed by atoms with Crippen LogP contribution in [0.4, 0.5) is 18.9 Å². The molecule has 1 N–H and O–H groups in total. The normalized spacial score (nSPS) is 11.2. The van der Waals surface area contributed by atoms with Crippen LogP contribution < -0.4 is 5.32 Å². The van der Waals surface area contributed by atoms with Gasteiger partial charge in [-0.2, -0.15) is 13.2 Å². The van der Waals surface area contributed by atoms with Crippen molar-refractivity contribution in [2.75, 3.05) is 5.32 Å². The van der Waals surface area contributed by atoms with E-state index in [0.717, 1.165) is 35.5 Å². The van der Waals surface area contributed by atoms with E-state index in [1.54, 1.807) is 11.4 Å². The number of thiazole rings is 1. The molecule has 0 aliphatic rings. The Morgan fingerprint density at radius 2 is 1.80 bits per heavy atom. The van der Waals surface area contributed by atoms with Crippen LogP contribution in [-0.4, -0.2) is 16.9 Å². The van der Waals surface area contributed by atoms with Crippen LogP contribution in [-0.2, 0) is 28.7 Å². The largest absolute Gasteiger partial charge is 0.456 e. The summed E-state index contributed by atoms with van der Waals surface area (Å²) in [5.74, 6) is -0.970. The van der Waals surface area contributed by atoms with Gasteiger partial charge in [0.25, 0.3) is 0 Å². The summed E-state index contributed by atoms with van der Waals surface area (Å²) in [6, 6.07) is 11.2. The Morgan fingerprint density at radius 3 is 2.47 bits per heavy atom. The number of esters is 1. The number of amides is 1. The van der Waals surface area contributed by atoms with Gasteiger partial charge in [0, 0.05) is 11.1 Å². The Balaban J connectivity index is 1.52. The van der Waals surface area contributed by atoms with Crippen molar-refractivity contribution in [1.29, 1.82) is 0 Å². The number of aromatic nitrogens is 1. The number of ether oxygens (including phenoxy) is 1. The van der Waals surface area contributed by atoms with Crippen LogP contribution in [0, 0.1) is 6.92 Å². The van der Waals surface area contributed by atoms with Crippen LogP contribution in [0.25, 0.3) is 0 Å². The van der Waals surface area contributed by atoms with E-state index >= 15 is 0 Å². The van der Waals surface area contributed by atoms with Crippen molar-refractivity contribution in [3.05, 3.63) is 81.3 Å². The van der Waals surface area contributed by atoms with Crippen LogP contribution in [0.2, 0.25) is 0 Å². The van der Waals surface area contributed by atoms with Gasteiger partial charge in [-0.3, -0.25) is 4.79 Å². The fourth-order valence-corrected chi connectivity index (χ4v) is 3.34. The number of hydrogen-bond donors (Lipinski definition) is 1. The van der Waals surface area contributed by atoms with Crippen molar-refractivity contribution in [3.8, 4) is 0 Å². The molecule has 1 aromatic heterocycles. The highest BCUT2D eigenvalue weighted by molar-refractivity contribution is 7.09. The summed E-state index contributed by atoms with van der Waals surface area (Å²) >= 11 is 1.26. The van der Waals surface area contributed by atoms with Gasteiger partial charge in [0.1, 0.15) is 11.6 Å². The van der Waals surface area contributed by atoms with Crippen LogP contribution in [0.5, 0.6) is 0 Å². The molecule has 1 heterocycles. The van der Waals surface area contributed by atoms with Gasteiger partial charge in [-0.1, -0.05) is 18.2 Å². The summed E-state index contributed by atoms with van der Waals surface area (Å²) in [4.78, 5) is 28.4. The fraction of sp³-hybridized carbons (Fsp3) is 0.190. The predicted molar refractivity (Wildman–Crippen MR) is 106 cm³/mol. The standard InChI is InChI=1S/C21H17F3N2O3S/c1-13-4-2-3-5-17(13)26-18(27)10-19-25-16(12-30-19)11-29-20(28)14-6-8-15(9-7-14)21(22,23)24/h2-9,12H,10-11H2,1H3,(H,26,27). The summed E-state index contributed by atoms with van der Waals surface area (Å²) in [6.07, 6.45) is -4.39. The first-order chi connectivity index (χ1) is 14.2. The molecule has 0 spiro atoms. The zero-order chi connectivity index (χ0) is 21.7. The summed E-state index contributed by atoms with van der Waals surface area (Å²) < 4.78 is 42.8. The molecule has 156 valence electrons. The molecule has 9 heteroatoms. The van der Waals surface area contributed by atoms with E-state index in [1.165, 1.54) is 11.3 Å². The number of alkyl halides is 3. The molecule has 2 aromatic carbocycles. The number of benzene rings is 2. The van der Waals surface area contributed by atoms with E-state index in [9.17, 15) is 22.8 Å². The van der Waals surface area contributed by atoms with E-state index in [2.05, 4.69) is 10.3 Å². The van der Waals surface area contributed by atoms with Crippen LogP contribution in [0.3, 0.4) is 0 Å². The number of aryl methyl sites for hydroxylation is 1. The third-order valence-electron chi connectivity index (χ3n) is 4.13.